The van der Waals surface area contributed by atoms with E-state index >= 15 is 0 Å². The van der Waals surface area contributed by atoms with Gasteiger partial charge in [-0.05, 0) is 24.6 Å². The van der Waals surface area contributed by atoms with Gasteiger partial charge in [0.25, 0.3) is 5.91 Å². The molecule has 0 bridgehead atoms. The van der Waals surface area contributed by atoms with Crippen LogP contribution in [0.5, 0.6) is 0 Å². The normalized spacial score (nSPS) is 12.7. The van der Waals surface area contributed by atoms with Gasteiger partial charge in [0.2, 0.25) is 5.91 Å². The third kappa shape index (κ3) is 5.46. The zero-order valence-corrected chi connectivity index (χ0v) is 13.8. The molecule has 0 fully saturated rings. The van der Waals surface area contributed by atoms with E-state index in [1.807, 2.05) is 6.07 Å². The van der Waals surface area contributed by atoms with Crippen LogP contribution in [0, 0.1) is 0 Å². The number of nitrogens with one attached hydrogen (secondary N) is 2. The van der Waals surface area contributed by atoms with Gasteiger partial charge in [0, 0.05) is 5.56 Å². The highest BCUT2D eigenvalue weighted by molar-refractivity contribution is 5.97. The lowest BCUT2D eigenvalue weighted by molar-refractivity contribution is -0.137. The summed E-state index contributed by atoms with van der Waals surface area (Å²) in [7, 11) is 0. The van der Waals surface area contributed by atoms with Crippen LogP contribution < -0.4 is 10.6 Å². The van der Waals surface area contributed by atoms with Crippen LogP contribution in [0.2, 0.25) is 0 Å². The second-order valence-corrected chi connectivity index (χ2v) is 5.63. The van der Waals surface area contributed by atoms with Gasteiger partial charge in [0.05, 0.1) is 12.5 Å². The molecular weight excluding hydrogens is 320 g/mol. The van der Waals surface area contributed by atoms with E-state index in [0.29, 0.717) is 11.1 Å². The van der Waals surface area contributed by atoms with E-state index in [0.717, 1.165) is 0 Å². The number of hydrogen-bond acceptors (Lipinski definition) is 3. The molecule has 2 atom stereocenters. The zero-order chi connectivity index (χ0) is 18.2. The molecule has 3 N–H and O–H groups in total. The van der Waals surface area contributed by atoms with Crippen molar-refractivity contribution in [2.24, 2.45) is 0 Å². The molecule has 0 aliphatic heterocycles. The third-order valence-electron chi connectivity index (χ3n) is 3.67. The molecule has 2 rings (SSSR count). The molecule has 0 radical (unpaired) electrons. The summed E-state index contributed by atoms with van der Waals surface area (Å²) in [6, 6.07) is 16.0. The van der Waals surface area contributed by atoms with Crippen LogP contribution in [0.25, 0.3) is 0 Å². The molecule has 0 saturated carbocycles. The Labute approximate surface area is 145 Å². The summed E-state index contributed by atoms with van der Waals surface area (Å²) < 4.78 is 0. The Hall–Kier alpha value is -3.15. The standard InChI is InChI=1S/C19H20N2O4/c1-13(20-19(25)15-10-6-3-7-11-15)18(24)21-16(12-17(22)23)14-8-4-2-5-9-14/h2-11,13,16H,12H2,1H3,(H,20,25)(H,21,24)(H,22,23)/t13-,16+/m1/s1. The number of aliphatic carboxylic acids is 1. The first-order chi connectivity index (χ1) is 12.0. The fraction of sp³-hybridized carbons (Fsp3) is 0.211. The molecule has 0 unspecified atom stereocenters. The van der Waals surface area contributed by atoms with E-state index in [4.69, 9.17) is 5.11 Å². The minimum Gasteiger partial charge on any atom is -0.481 e. The zero-order valence-electron chi connectivity index (χ0n) is 13.8. The smallest absolute Gasteiger partial charge is 0.305 e. The maximum absolute atomic E-state index is 12.4. The van der Waals surface area contributed by atoms with E-state index in [-0.39, 0.29) is 12.3 Å². The molecule has 6 nitrogen and oxygen atoms in total. The number of amides is 2. The van der Waals surface area contributed by atoms with Crippen molar-refractivity contribution in [2.45, 2.75) is 25.4 Å². The van der Waals surface area contributed by atoms with Crippen molar-refractivity contribution in [3.63, 3.8) is 0 Å². The highest BCUT2D eigenvalue weighted by Crippen LogP contribution is 2.16. The highest BCUT2D eigenvalue weighted by Gasteiger charge is 2.22. The van der Waals surface area contributed by atoms with Crippen molar-refractivity contribution >= 4 is 17.8 Å². The molecule has 6 heteroatoms. The Kier molecular flexibility index (Phi) is 6.28. The van der Waals surface area contributed by atoms with Gasteiger partial charge in [-0.1, -0.05) is 48.5 Å². The summed E-state index contributed by atoms with van der Waals surface area (Å²) >= 11 is 0. The maximum atomic E-state index is 12.4. The van der Waals surface area contributed by atoms with E-state index in [1.54, 1.807) is 61.5 Å². The Morgan fingerprint density at radius 2 is 1.48 bits per heavy atom. The number of benzene rings is 2. The summed E-state index contributed by atoms with van der Waals surface area (Å²) in [5.74, 6) is -1.83. The van der Waals surface area contributed by atoms with Gasteiger partial charge < -0.3 is 15.7 Å². The third-order valence-corrected chi connectivity index (χ3v) is 3.67. The number of hydrogen-bond donors (Lipinski definition) is 3. The van der Waals surface area contributed by atoms with Crippen LogP contribution in [0.4, 0.5) is 0 Å². The maximum Gasteiger partial charge on any atom is 0.305 e. The molecule has 2 aromatic rings. The Balaban J connectivity index is 2.02. The van der Waals surface area contributed by atoms with Crippen molar-refractivity contribution in [1.82, 2.24) is 10.6 Å². The van der Waals surface area contributed by atoms with Crippen LogP contribution >= 0.6 is 0 Å². The lowest BCUT2D eigenvalue weighted by atomic mass is 10.0. The summed E-state index contributed by atoms with van der Waals surface area (Å²) in [6.07, 6.45) is -0.241. The topological polar surface area (TPSA) is 95.5 Å². The fourth-order valence-electron chi connectivity index (χ4n) is 2.34. The molecule has 2 aromatic carbocycles. The molecule has 0 heterocycles. The van der Waals surface area contributed by atoms with E-state index in [2.05, 4.69) is 10.6 Å². The van der Waals surface area contributed by atoms with Gasteiger partial charge in [0.15, 0.2) is 0 Å². The highest BCUT2D eigenvalue weighted by atomic mass is 16.4. The van der Waals surface area contributed by atoms with Crippen LogP contribution in [-0.4, -0.2) is 28.9 Å². The molecule has 130 valence electrons. The van der Waals surface area contributed by atoms with Crippen LogP contribution in [0.3, 0.4) is 0 Å². The monoisotopic (exact) mass is 340 g/mol. The molecule has 0 aliphatic rings. The fourth-order valence-corrected chi connectivity index (χ4v) is 2.34. The molecule has 2 amide bonds. The summed E-state index contributed by atoms with van der Waals surface area (Å²) in [6.45, 7) is 1.55. The first kappa shape index (κ1) is 18.2. The predicted octanol–water partition coefficient (Wildman–Crippen LogP) is 2.14. The minimum atomic E-state index is -1.02. The van der Waals surface area contributed by atoms with Crippen molar-refractivity contribution < 1.29 is 19.5 Å². The average Bonchev–Trinajstić information content (AvgIpc) is 2.62. The Bertz CT molecular complexity index is 732. The lowest BCUT2D eigenvalue weighted by Crippen LogP contribution is -2.46. The minimum absolute atomic E-state index is 0.241. The predicted molar refractivity (Wildman–Crippen MR) is 92.9 cm³/mol. The number of carboxylic acid groups (broad SMARTS) is 1. The van der Waals surface area contributed by atoms with Crippen LogP contribution in [0.1, 0.15) is 35.3 Å². The van der Waals surface area contributed by atoms with Gasteiger partial charge in [-0.3, -0.25) is 14.4 Å². The van der Waals surface area contributed by atoms with Gasteiger partial charge in [-0.25, -0.2) is 0 Å². The van der Waals surface area contributed by atoms with Crippen molar-refractivity contribution in [2.75, 3.05) is 0 Å². The Morgan fingerprint density at radius 3 is 2.04 bits per heavy atom. The first-order valence-corrected chi connectivity index (χ1v) is 7.90. The first-order valence-electron chi connectivity index (χ1n) is 7.90. The van der Waals surface area contributed by atoms with Crippen LogP contribution in [0.15, 0.2) is 60.7 Å². The second-order valence-electron chi connectivity index (χ2n) is 5.63. The van der Waals surface area contributed by atoms with Gasteiger partial charge in [-0.15, -0.1) is 0 Å². The summed E-state index contributed by atoms with van der Waals surface area (Å²) in [4.78, 5) is 35.5. The molecule has 0 spiro atoms. The molecule has 0 aromatic heterocycles. The largest absolute Gasteiger partial charge is 0.481 e. The summed E-state index contributed by atoms with van der Waals surface area (Å²) in [5.41, 5.74) is 1.15. The Morgan fingerprint density at radius 1 is 0.920 bits per heavy atom. The molecule has 0 aliphatic carbocycles. The van der Waals surface area contributed by atoms with E-state index in [1.165, 1.54) is 0 Å². The molecular formula is C19H20N2O4. The van der Waals surface area contributed by atoms with Gasteiger partial charge in [-0.2, -0.15) is 0 Å². The number of rotatable bonds is 7. The van der Waals surface area contributed by atoms with Crippen molar-refractivity contribution in [3.8, 4) is 0 Å². The number of carbonyl (C=O) groups is 3. The molecule has 25 heavy (non-hydrogen) atoms. The SMILES string of the molecule is C[C@@H](NC(=O)c1ccccc1)C(=O)N[C@@H](CC(=O)O)c1ccccc1. The summed E-state index contributed by atoms with van der Waals surface area (Å²) in [5, 5.41) is 14.4. The second kappa shape index (κ2) is 8.63. The lowest BCUT2D eigenvalue weighted by Gasteiger charge is -2.21. The quantitative estimate of drug-likeness (QED) is 0.719. The number of carbonyl (C=O) groups excluding carboxylic acids is 2. The van der Waals surface area contributed by atoms with Crippen molar-refractivity contribution in [1.29, 1.82) is 0 Å². The van der Waals surface area contributed by atoms with Crippen molar-refractivity contribution in [3.05, 3.63) is 71.8 Å². The van der Waals surface area contributed by atoms with Gasteiger partial charge >= 0.3 is 5.97 Å². The van der Waals surface area contributed by atoms with E-state index < -0.39 is 24.0 Å². The average molecular weight is 340 g/mol. The number of carboxylic acids is 1. The van der Waals surface area contributed by atoms with Crippen LogP contribution in [-0.2, 0) is 9.59 Å². The van der Waals surface area contributed by atoms with E-state index in [9.17, 15) is 14.4 Å². The van der Waals surface area contributed by atoms with Gasteiger partial charge in [0.1, 0.15) is 6.04 Å². The molecule has 0 saturated heterocycles.